The second-order valence-electron chi connectivity index (χ2n) is 4.23. The van der Waals surface area contributed by atoms with Gasteiger partial charge in [-0.05, 0) is 37.1 Å². The summed E-state index contributed by atoms with van der Waals surface area (Å²) in [5, 5.41) is 22.5. The Kier molecular flexibility index (Phi) is 4.94. The van der Waals surface area contributed by atoms with Gasteiger partial charge in [-0.1, -0.05) is 18.2 Å². The van der Waals surface area contributed by atoms with Crippen LogP contribution < -0.4 is 5.73 Å². The molecule has 0 unspecified atom stereocenters. The largest absolute Gasteiger partial charge is 0.404 e. The SMILES string of the molecule is CC(=N)/C=C\C(=N)c1ccc(/C(C=N)=C/N)cc1C. The number of hydrogen-bond acceptors (Lipinski definition) is 4. The lowest BCUT2D eigenvalue weighted by Gasteiger charge is -2.08. The van der Waals surface area contributed by atoms with Crippen molar-refractivity contribution in [1.82, 2.24) is 0 Å². The van der Waals surface area contributed by atoms with Crippen LogP contribution in [0, 0.1) is 23.2 Å². The molecule has 0 heterocycles. The number of hydrogen-bond donors (Lipinski definition) is 4. The molecule has 1 aromatic rings. The zero-order valence-electron chi connectivity index (χ0n) is 11.1. The predicted octanol–water partition coefficient (Wildman–Crippen LogP) is 2.91. The molecule has 0 aliphatic heterocycles. The maximum Gasteiger partial charge on any atom is 0.0615 e. The highest BCUT2D eigenvalue weighted by Crippen LogP contribution is 2.17. The fourth-order valence-corrected chi connectivity index (χ4v) is 1.67. The molecular weight excluding hydrogens is 236 g/mol. The van der Waals surface area contributed by atoms with Crippen LogP contribution in [0.3, 0.4) is 0 Å². The highest BCUT2D eigenvalue weighted by Gasteiger charge is 2.05. The van der Waals surface area contributed by atoms with Gasteiger partial charge in [-0.15, -0.1) is 0 Å². The summed E-state index contributed by atoms with van der Waals surface area (Å²) in [6, 6.07) is 5.58. The van der Waals surface area contributed by atoms with Crippen LogP contribution in [0.15, 0.2) is 36.6 Å². The van der Waals surface area contributed by atoms with Gasteiger partial charge in [0.2, 0.25) is 0 Å². The van der Waals surface area contributed by atoms with Crippen molar-refractivity contribution in [2.75, 3.05) is 0 Å². The van der Waals surface area contributed by atoms with Gasteiger partial charge < -0.3 is 22.0 Å². The minimum atomic E-state index is 0.365. The predicted molar refractivity (Wildman–Crippen MR) is 81.5 cm³/mol. The number of allylic oxidation sites excluding steroid dienone is 3. The first-order valence-corrected chi connectivity index (χ1v) is 5.85. The molecule has 0 fully saturated rings. The van der Waals surface area contributed by atoms with Crippen LogP contribution in [-0.4, -0.2) is 17.6 Å². The molecule has 1 rings (SSSR count). The van der Waals surface area contributed by atoms with Crippen molar-refractivity contribution in [3.8, 4) is 0 Å². The Morgan fingerprint density at radius 3 is 2.37 bits per heavy atom. The molecule has 0 amide bonds. The molecule has 4 nitrogen and oxygen atoms in total. The average molecular weight is 254 g/mol. The molecular formula is C15H18N4. The van der Waals surface area contributed by atoms with E-state index in [0.717, 1.165) is 16.7 Å². The maximum absolute atomic E-state index is 7.96. The first kappa shape index (κ1) is 14.6. The van der Waals surface area contributed by atoms with E-state index < -0.39 is 0 Å². The van der Waals surface area contributed by atoms with Crippen molar-refractivity contribution in [1.29, 1.82) is 16.2 Å². The summed E-state index contributed by atoms with van der Waals surface area (Å²) < 4.78 is 0. The number of aryl methyl sites for hydroxylation is 1. The zero-order chi connectivity index (χ0) is 14.4. The van der Waals surface area contributed by atoms with Crippen molar-refractivity contribution in [2.45, 2.75) is 13.8 Å². The van der Waals surface area contributed by atoms with E-state index in [9.17, 15) is 0 Å². The summed E-state index contributed by atoms with van der Waals surface area (Å²) in [4.78, 5) is 0. The first-order chi connectivity index (χ1) is 8.99. The average Bonchev–Trinajstić information content (AvgIpc) is 2.37. The quantitative estimate of drug-likeness (QED) is 0.597. The molecule has 0 aliphatic carbocycles. The molecule has 1 aromatic carbocycles. The van der Waals surface area contributed by atoms with Gasteiger partial charge in [-0.2, -0.15) is 0 Å². The number of nitrogens with one attached hydrogen (secondary N) is 3. The molecule has 0 saturated heterocycles. The highest BCUT2D eigenvalue weighted by molar-refractivity contribution is 6.11. The van der Waals surface area contributed by atoms with Gasteiger partial charge in [0.1, 0.15) is 0 Å². The molecule has 5 N–H and O–H groups in total. The Labute approximate surface area is 113 Å². The lowest BCUT2D eigenvalue weighted by molar-refractivity contribution is 1.39. The molecule has 0 atom stereocenters. The Bertz CT molecular complexity index is 580. The molecule has 0 bridgehead atoms. The number of benzene rings is 1. The summed E-state index contributed by atoms with van der Waals surface area (Å²) in [5.74, 6) is 0. The van der Waals surface area contributed by atoms with Gasteiger partial charge in [0.25, 0.3) is 0 Å². The van der Waals surface area contributed by atoms with Gasteiger partial charge in [-0.3, -0.25) is 0 Å². The molecule has 0 aromatic heterocycles. The van der Waals surface area contributed by atoms with Crippen LogP contribution in [0.5, 0.6) is 0 Å². The van der Waals surface area contributed by atoms with Gasteiger partial charge in [0, 0.05) is 29.3 Å². The Morgan fingerprint density at radius 1 is 1.21 bits per heavy atom. The standard InChI is InChI=1S/C15H18N4/c1-10-7-12(13(8-16)9-17)4-5-14(10)15(19)6-3-11(2)18/h3-9,16,18-19H,17H2,1-2H3/b6-3-,13-9+,16-8?,18-11?,19-15?. The molecule has 98 valence electrons. The Balaban J connectivity index is 3.11. The minimum absolute atomic E-state index is 0.365. The maximum atomic E-state index is 7.96. The Hall–Kier alpha value is -2.49. The van der Waals surface area contributed by atoms with E-state index in [2.05, 4.69) is 0 Å². The van der Waals surface area contributed by atoms with Crippen molar-refractivity contribution in [3.63, 3.8) is 0 Å². The second kappa shape index (κ2) is 6.44. The van der Waals surface area contributed by atoms with Crippen molar-refractivity contribution >= 4 is 23.2 Å². The van der Waals surface area contributed by atoms with E-state index >= 15 is 0 Å². The van der Waals surface area contributed by atoms with Gasteiger partial charge in [-0.25, -0.2) is 0 Å². The Morgan fingerprint density at radius 2 is 1.89 bits per heavy atom. The minimum Gasteiger partial charge on any atom is -0.404 e. The molecule has 0 saturated carbocycles. The van der Waals surface area contributed by atoms with E-state index in [1.54, 1.807) is 19.1 Å². The summed E-state index contributed by atoms with van der Waals surface area (Å²) in [6.07, 6.45) is 5.81. The molecule has 0 radical (unpaired) electrons. The molecule has 19 heavy (non-hydrogen) atoms. The van der Waals surface area contributed by atoms with E-state index in [1.807, 2.05) is 25.1 Å². The molecule has 0 aliphatic rings. The van der Waals surface area contributed by atoms with E-state index in [1.165, 1.54) is 12.4 Å². The van der Waals surface area contributed by atoms with Gasteiger partial charge in [0.05, 0.1) is 5.71 Å². The van der Waals surface area contributed by atoms with Crippen molar-refractivity contribution < 1.29 is 0 Å². The summed E-state index contributed by atoms with van der Waals surface area (Å²) in [5.41, 5.74) is 9.49. The topological polar surface area (TPSA) is 97.6 Å². The lowest BCUT2D eigenvalue weighted by Crippen LogP contribution is -2.00. The fraction of sp³-hybridized carbons (Fsp3) is 0.133. The van der Waals surface area contributed by atoms with E-state index in [-0.39, 0.29) is 0 Å². The lowest BCUT2D eigenvalue weighted by atomic mass is 9.98. The zero-order valence-corrected chi connectivity index (χ0v) is 11.1. The van der Waals surface area contributed by atoms with E-state index in [4.69, 9.17) is 22.0 Å². The smallest absolute Gasteiger partial charge is 0.0615 e. The van der Waals surface area contributed by atoms with Crippen LogP contribution >= 0.6 is 0 Å². The third-order valence-electron chi connectivity index (χ3n) is 2.68. The van der Waals surface area contributed by atoms with E-state index in [0.29, 0.717) is 17.0 Å². The highest BCUT2D eigenvalue weighted by atomic mass is 14.5. The molecule has 4 heteroatoms. The van der Waals surface area contributed by atoms with Crippen molar-refractivity contribution in [3.05, 3.63) is 53.2 Å². The number of nitrogens with two attached hydrogens (primary N) is 1. The normalized spacial score (nSPS) is 11.6. The first-order valence-electron chi connectivity index (χ1n) is 5.85. The van der Waals surface area contributed by atoms with Crippen LogP contribution in [0.25, 0.3) is 5.57 Å². The van der Waals surface area contributed by atoms with Crippen LogP contribution in [0.4, 0.5) is 0 Å². The van der Waals surface area contributed by atoms with Gasteiger partial charge >= 0.3 is 0 Å². The van der Waals surface area contributed by atoms with Crippen molar-refractivity contribution in [2.24, 2.45) is 5.73 Å². The van der Waals surface area contributed by atoms with Crippen LogP contribution in [0.1, 0.15) is 23.6 Å². The summed E-state index contributed by atoms with van der Waals surface area (Å²) in [7, 11) is 0. The van der Waals surface area contributed by atoms with Gasteiger partial charge in [0.15, 0.2) is 0 Å². The second-order valence-corrected chi connectivity index (χ2v) is 4.23. The monoisotopic (exact) mass is 254 g/mol. The van der Waals surface area contributed by atoms with Crippen LogP contribution in [0.2, 0.25) is 0 Å². The third-order valence-corrected chi connectivity index (χ3v) is 2.68. The summed E-state index contributed by atoms with van der Waals surface area (Å²) >= 11 is 0. The fourth-order valence-electron chi connectivity index (χ4n) is 1.67. The third kappa shape index (κ3) is 3.74. The summed E-state index contributed by atoms with van der Waals surface area (Å²) in [6.45, 7) is 3.58. The number of rotatable bonds is 5. The molecule has 0 spiro atoms. The van der Waals surface area contributed by atoms with Crippen LogP contribution in [-0.2, 0) is 0 Å².